The van der Waals surface area contributed by atoms with Gasteiger partial charge < -0.3 is 23.7 Å². The first-order chi connectivity index (χ1) is 15.8. The molecule has 0 unspecified atom stereocenters. The van der Waals surface area contributed by atoms with Gasteiger partial charge in [-0.2, -0.15) is 0 Å². The van der Waals surface area contributed by atoms with Gasteiger partial charge in [-0.05, 0) is 62.0 Å². The lowest BCUT2D eigenvalue weighted by atomic mass is 9.41. The zero-order chi connectivity index (χ0) is 25.3. The summed E-state index contributed by atoms with van der Waals surface area (Å²) in [4.78, 5) is 36.3. The molecule has 0 aliphatic heterocycles. The van der Waals surface area contributed by atoms with Gasteiger partial charge in [-0.1, -0.05) is 13.8 Å². The van der Waals surface area contributed by atoms with Crippen molar-refractivity contribution in [2.24, 2.45) is 22.7 Å². The van der Waals surface area contributed by atoms with Crippen molar-refractivity contribution in [1.82, 2.24) is 0 Å². The molecule has 1 heterocycles. The molecule has 0 amide bonds. The number of furan rings is 1. The minimum absolute atomic E-state index is 0.0613. The number of fused-ring (bicyclic) bond motifs is 1. The molecule has 34 heavy (non-hydrogen) atoms. The Kier molecular flexibility index (Phi) is 7.51. The highest BCUT2D eigenvalue weighted by atomic mass is 16.6. The van der Waals surface area contributed by atoms with E-state index in [1.165, 1.54) is 20.8 Å². The van der Waals surface area contributed by atoms with E-state index >= 15 is 0 Å². The molecular formula is C26H38O8. The van der Waals surface area contributed by atoms with E-state index in [-0.39, 0.29) is 12.5 Å². The Balaban J connectivity index is 2.18. The normalized spacial score (nSPS) is 37.4. The van der Waals surface area contributed by atoms with Gasteiger partial charge in [0.2, 0.25) is 0 Å². The van der Waals surface area contributed by atoms with Crippen molar-refractivity contribution in [3.05, 3.63) is 24.2 Å². The fraction of sp³-hybridized carbons (Fsp3) is 0.731. The highest BCUT2D eigenvalue weighted by Crippen LogP contribution is 2.65. The van der Waals surface area contributed by atoms with Crippen molar-refractivity contribution in [2.45, 2.75) is 91.5 Å². The van der Waals surface area contributed by atoms with E-state index in [1.54, 1.807) is 19.5 Å². The van der Waals surface area contributed by atoms with Crippen molar-refractivity contribution in [3.63, 3.8) is 0 Å². The van der Waals surface area contributed by atoms with E-state index in [0.717, 1.165) is 18.4 Å². The predicted molar refractivity (Wildman–Crippen MR) is 122 cm³/mol. The molecule has 2 fully saturated rings. The van der Waals surface area contributed by atoms with Gasteiger partial charge >= 0.3 is 17.9 Å². The number of carbonyl (C=O) groups excluding carboxylic acids is 3. The second-order valence-corrected chi connectivity index (χ2v) is 10.6. The summed E-state index contributed by atoms with van der Waals surface area (Å²) in [5.41, 5.74) is -1.87. The first-order valence-corrected chi connectivity index (χ1v) is 12.0. The zero-order valence-corrected chi connectivity index (χ0v) is 21.1. The van der Waals surface area contributed by atoms with E-state index in [0.29, 0.717) is 19.3 Å². The van der Waals surface area contributed by atoms with Crippen molar-refractivity contribution < 1.29 is 38.1 Å². The quantitative estimate of drug-likeness (QED) is 0.465. The van der Waals surface area contributed by atoms with Crippen LogP contribution >= 0.6 is 0 Å². The first kappa shape index (κ1) is 26.3. The topological polar surface area (TPSA) is 112 Å². The summed E-state index contributed by atoms with van der Waals surface area (Å²) in [7, 11) is 0. The largest absolute Gasteiger partial charge is 0.472 e. The van der Waals surface area contributed by atoms with Crippen LogP contribution in [-0.2, 0) is 35.0 Å². The number of hydrogen-bond donors (Lipinski definition) is 1. The van der Waals surface area contributed by atoms with Crippen molar-refractivity contribution in [1.29, 1.82) is 0 Å². The van der Waals surface area contributed by atoms with E-state index in [2.05, 4.69) is 13.8 Å². The lowest BCUT2D eigenvalue weighted by Gasteiger charge is -2.66. The summed E-state index contributed by atoms with van der Waals surface area (Å²) in [6, 6.07) is 1.92. The summed E-state index contributed by atoms with van der Waals surface area (Å²) in [6.45, 7) is 9.87. The van der Waals surface area contributed by atoms with Gasteiger partial charge in [-0.25, -0.2) is 0 Å². The van der Waals surface area contributed by atoms with Crippen molar-refractivity contribution in [2.75, 3.05) is 6.61 Å². The van der Waals surface area contributed by atoms with Gasteiger partial charge in [0.25, 0.3) is 0 Å². The van der Waals surface area contributed by atoms with Crippen LogP contribution < -0.4 is 0 Å². The Morgan fingerprint density at radius 3 is 2.35 bits per heavy atom. The van der Waals surface area contributed by atoms with Crippen LogP contribution in [0, 0.1) is 22.7 Å². The zero-order valence-electron chi connectivity index (χ0n) is 21.1. The SMILES string of the molecule is CC(=O)OC[C@@]12[C@@H](OC(C)=O)C[C@@H](C)[C@](C)(CCc3ccoc3)[C@H]1[C@@H](OC(C)=O)CC[C@@]2(C)O. The Morgan fingerprint density at radius 1 is 1.12 bits per heavy atom. The van der Waals surface area contributed by atoms with Gasteiger partial charge in [-0.15, -0.1) is 0 Å². The number of esters is 3. The minimum atomic E-state index is -1.33. The van der Waals surface area contributed by atoms with Crippen LogP contribution in [-0.4, -0.2) is 47.4 Å². The maximum absolute atomic E-state index is 12.2. The van der Waals surface area contributed by atoms with Gasteiger partial charge in [0.1, 0.15) is 18.8 Å². The second kappa shape index (κ2) is 9.72. The highest BCUT2D eigenvalue weighted by molar-refractivity contribution is 5.67. The first-order valence-electron chi connectivity index (χ1n) is 12.0. The summed E-state index contributed by atoms with van der Waals surface area (Å²) >= 11 is 0. The molecule has 2 saturated carbocycles. The Bertz CT molecular complexity index is 891. The molecule has 190 valence electrons. The van der Waals surface area contributed by atoms with Crippen LogP contribution in [0.1, 0.15) is 72.8 Å². The average Bonchev–Trinajstić information content (AvgIpc) is 3.24. The molecule has 7 atom stereocenters. The number of aliphatic hydroxyl groups is 1. The molecule has 1 aromatic rings. The maximum atomic E-state index is 12.2. The number of ether oxygens (including phenoxy) is 3. The maximum Gasteiger partial charge on any atom is 0.302 e. The molecule has 0 saturated heterocycles. The molecule has 0 radical (unpaired) electrons. The summed E-state index contributed by atoms with van der Waals surface area (Å²) < 4.78 is 22.5. The fourth-order valence-corrected chi connectivity index (χ4v) is 6.66. The molecule has 0 bridgehead atoms. The Labute approximate surface area is 201 Å². The Hall–Kier alpha value is -2.35. The molecule has 0 spiro atoms. The molecule has 0 aromatic carbocycles. The van der Waals surface area contributed by atoms with Crippen molar-refractivity contribution in [3.8, 4) is 0 Å². The van der Waals surface area contributed by atoms with E-state index < -0.39 is 52.5 Å². The summed E-state index contributed by atoms with van der Waals surface area (Å²) in [6.07, 6.45) is 4.82. The molecule has 2 aliphatic rings. The molecule has 1 aromatic heterocycles. The van der Waals surface area contributed by atoms with Crippen LogP contribution in [0.5, 0.6) is 0 Å². The summed E-state index contributed by atoms with van der Waals surface area (Å²) in [5, 5.41) is 11.9. The molecule has 8 nitrogen and oxygen atoms in total. The van der Waals surface area contributed by atoms with Gasteiger partial charge in [0, 0.05) is 26.7 Å². The van der Waals surface area contributed by atoms with Crippen LogP contribution in [0.3, 0.4) is 0 Å². The van der Waals surface area contributed by atoms with Crippen LogP contribution in [0.25, 0.3) is 0 Å². The van der Waals surface area contributed by atoms with Gasteiger partial charge in [0.05, 0.1) is 23.5 Å². The van der Waals surface area contributed by atoms with Gasteiger partial charge in [-0.3, -0.25) is 14.4 Å². The lowest BCUT2D eigenvalue weighted by molar-refractivity contribution is -0.292. The Morgan fingerprint density at radius 2 is 1.79 bits per heavy atom. The third-order valence-corrected chi connectivity index (χ3v) is 8.50. The third-order valence-electron chi connectivity index (χ3n) is 8.50. The van der Waals surface area contributed by atoms with E-state index in [9.17, 15) is 19.5 Å². The standard InChI is InChI=1S/C26H38O8/c1-16-13-22(34-19(4)29)26(15-32-17(2)27)23(21(33-18(3)28)8-11-25(26,6)30)24(16,5)10-7-20-9-12-31-14-20/h9,12,14,16,21-23,30H,7-8,10-11,13,15H2,1-6H3/t16-,21+,22+,23-,24+,25-,26-/m1/s1. The van der Waals surface area contributed by atoms with Crippen molar-refractivity contribution >= 4 is 17.9 Å². The van der Waals surface area contributed by atoms with E-state index in [1.807, 2.05) is 6.07 Å². The third kappa shape index (κ3) is 4.74. The second-order valence-electron chi connectivity index (χ2n) is 10.6. The number of carbonyl (C=O) groups is 3. The number of aryl methyl sites for hydroxylation is 1. The molecule has 8 heteroatoms. The lowest BCUT2D eigenvalue weighted by Crippen LogP contribution is -2.73. The predicted octanol–water partition coefficient (Wildman–Crippen LogP) is 3.83. The molecule has 2 aliphatic carbocycles. The molecule has 3 rings (SSSR count). The molecular weight excluding hydrogens is 440 g/mol. The number of hydrogen-bond acceptors (Lipinski definition) is 8. The minimum Gasteiger partial charge on any atom is -0.472 e. The van der Waals surface area contributed by atoms with Crippen LogP contribution in [0.4, 0.5) is 0 Å². The van der Waals surface area contributed by atoms with Crippen LogP contribution in [0.2, 0.25) is 0 Å². The smallest absolute Gasteiger partial charge is 0.302 e. The highest BCUT2D eigenvalue weighted by Gasteiger charge is 2.71. The van der Waals surface area contributed by atoms with Crippen LogP contribution in [0.15, 0.2) is 23.0 Å². The van der Waals surface area contributed by atoms with E-state index in [4.69, 9.17) is 18.6 Å². The monoisotopic (exact) mass is 478 g/mol. The summed E-state index contributed by atoms with van der Waals surface area (Å²) in [5.74, 6) is -1.73. The molecule has 1 N–H and O–H groups in total. The number of rotatable bonds is 7. The average molecular weight is 479 g/mol. The fourth-order valence-electron chi connectivity index (χ4n) is 6.66. The van der Waals surface area contributed by atoms with Gasteiger partial charge in [0.15, 0.2) is 0 Å².